The van der Waals surface area contributed by atoms with Crippen LogP contribution < -0.4 is 9.80 Å². The number of benzene rings is 1. The van der Waals surface area contributed by atoms with E-state index in [1.54, 1.807) is 12.1 Å². The van der Waals surface area contributed by atoms with Crippen LogP contribution in [0.25, 0.3) is 0 Å². The van der Waals surface area contributed by atoms with Gasteiger partial charge in [-0.15, -0.1) is 5.10 Å². The fourth-order valence-corrected chi connectivity index (χ4v) is 4.86. The number of rotatable bonds is 6. The molecule has 152 valence electrons. The molecule has 2 aromatic rings. The summed E-state index contributed by atoms with van der Waals surface area (Å²) < 4.78 is 16.3. The maximum atomic E-state index is 14.2. The molecule has 7 heteroatoms. The zero-order valence-electron chi connectivity index (χ0n) is 17.0. The van der Waals surface area contributed by atoms with Gasteiger partial charge in [-0.05, 0) is 41.3 Å². The monoisotopic (exact) mass is 387 g/mol. The minimum Gasteiger partial charge on any atom is -0.358 e. The van der Waals surface area contributed by atoms with E-state index in [1.807, 2.05) is 12.1 Å². The number of quaternary nitrogens is 1. The predicted molar refractivity (Wildman–Crippen MR) is 107 cm³/mol. The Kier molecular flexibility index (Phi) is 5.90. The maximum Gasteiger partial charge on any atom is 0.209 e. The number of tetrazole rings is 1. The molecule has 2 aliphatic rings. The highest BCUT2D eigenvalue weighted by Crippen LogP contribution is 2.31. The largest absolute Gasteiger partial charge is 0.358 e. The van der Waals surface area contributed by atoms with Crippen molar-refractivity contribution in [1.29, 1.82) is 0 Å². The number of nitrogens with zero attached hydrogens (tertiary/aromatic N) is 5. The molecule has 0 amide bonds. The van der Waals surface area contributed by atoms with Crippen LogP contribution in [0.15, 0.2) is 24.3 Å². The molecule has 0 unspecified atom stereocenters. The van der Waals surface area contributed by atoms with Crippen LogP contribution in [-0.2, 0) is 0 Å². The fraction of sp³-hybridized carbons (Fsp3) is 0.667. The van der Waals surface area contributed by atoms with Crippen LogP contribution in [0.4, 0.5) is 10.1 Å². The Morgan fingerprint density at radius 2 is 1.86 bits per heavy atom. The van der Waals surface area contributed by atoms with Gasteiger partial charge in [0.25, 0.3) is 0 Å². The summed E-state index contributed by atoms with van der Waals surface area (Å²) in [5, 5.41) is 12.9. The van der Waals surface area contributed by atoms with Gasteiger partial charge in [0.05, 0.1) is 37.9 Å². The van der Waals surface area contributed by atoms with Crippen LogP contribution in [0.5, 0.6) is 0 Å². The molecule has 4 rings (SSSR count). The topological polar surface area (TPSA) is 51.3 Å². The molecule has 1 saturated carbocycles. The van der Waals surface area contributed by atoms with Gasteiger partial charge in [-0.25, -0.2) is 9.07 Å². The Labute approximate surface area is 166 Å². The van der Waals surface area contributed by atoms with Crippen LogP contribution in [0, 0.1) is 11.7 Å². The van der Waals surface area contributed by atoms with Crippen molar-refractivity contribution < 1.29 is 9.29 Å². The van der Waals surface area contributed by atoms with Gasteiger partial charge in [-0.3, -0.25) is 0 Å². The number of halogens is 1. The molecule has 1 N–H and O–H groups in total. The summed E-state index contributed by atoms with van der Waals surface area (Å²) in [6.07, 6.45) is 5.98. The second-order valence-electron chi connectivity index (χ2n) is 8.70. The van der Waals surface area contributed by atoms with E-state index in [-0.39, 0.29) is 5.82 Å². The lowest BCUT2D eigenvalue weighted by molar-refractivity contribution is -0.934. The molecule has 1 aromatic heterocycles. The minimum atomic E-state index is -0.130. The van der Waals surface area contributed by atoms with Crippen molar-refractivity contribution in [3.63, 3.8) is 0 Å². The molecule has 2 heterocycles. The van der Waals surface area contributed by atoms with E-state index in [1.165, 1.54) is 30.6 Å². The van der Waals surface area contributed by atoms with Crippen LogP contribution in [0.2, 0.25) is 0 Å². The number of nitrogens with one attached hydrogen (secondary N) is 1. The molecule has 0 bridgehead atoms. The maximum absolute atomic E-state index is 14.2. The lowest BCUT2D eigenvalue weighted by atomic mass is 10.0. The number of hydrogen-bond acceptors (Lipinski definition) is 4. The van der Waals surface area contributed by atoms with Crippen molar-refractivity contribution in [3.05, 3.63) is 35.9 Å². The average molecular weight is 388 g/mol. The van der Waals surface area contributed by atoms with E-state index < -0.39 is 0 Å². The van der Waals surface area contributed by atoms with Gasteiger partial charge in [0, 0.05) is 6.42 Å². The van der Waals surface area contributed by atoms with Crippen molar-refractivity contribution in [3.8, 4) is 0 Å². The molecule has 1 atom stereocenters. The van der Waals surface area contributed by atoms with Gasteiger partial charge in [0.1, 0.15) is 11.9 Å². The smallest absolute Gasteiger partial charge is 0.209 e. The number of hydrogen-bond donors (Lipinski definition) is 1. The van der Waals surface area contributed by atoms with Gasteiger partial charge >= 0.3 is 0 Å². The molecule has 1 saturated heterocycles. The van der Waals surface area contributed by atoms with E-state index in [0.29, 0.717) is 18.0 Å². The van der Waals surface area contributed by atoms with Crippen LogP contribution in [-0.4, -0.2) is 46.4 Å². The first-order valence-corrected chi connectivity index (χ1v) is 10.7. The number of piperazine rings is 1. The normalized spacial score (nSPS) is 20.2. The number of anilines is 1. The summed E-state index contributed by atoms with van der Waals surface area (Å²) in [5.41, 5.74) is 0.720. The van der Waals surface area contributed by atoms with E-state index in [2.05, 4.69) is 39.0 Å². The summed E-state index contributed by atoms with van der Waals surface area (Å²) in [7, 11) is 0. The summed E-state index contributed by atoms with van der Waals surface area (Å²) in [5.74, 6) is 1.50. The minimum absolute atomic E-state index is 0.130. The first-order chi connectivity index (χ1) is 13.6. The second-order valence-corrected chi connectivity index (χ2v) is 8.70. The van der Waals surface area contributed by atoms with E-state index in [0.717, 1.165) is 44.1 Å². The van der Waals surface area contributed by atoms with E-state index >= 15 is 0 Å². The third-order valence-electron chi connectivity index (χ3n) is 6.30. The molecular weight excluding hydrogens is 355 g/mol. The van der Waals surface area contributed by atoms with E-state index in [4.69, 9.17) is 0 Å². The SMILES string of the molecule is CC(C)C[C@H](c1nnnn1C1CCCC1)[NH+]1CCN(c2ccccc2F)CC1. The highest BCUT2D eigenvalue weighted by molar-refractivity contribution is 5.47. The molecule has 1 aliphatic carbocycles. The van der Waals surface area contributed by atoms with Gasteiger partial charge in [0.15, 0.2) is 0 Å². The van der Waals surface area contributed by atoms with Crippen molar-refractivity contribution in [2.24, 2.45) is 5.92 Å². The Morgan fingerprint density at radius 1 is 1.14 bits per heavy atom. The Morgan fingerprint density at radius 3 is 2.54 bits per heavy atom. The van der Waals surface area contributed by atoms with Gasteiger partial charge in [-0.1, -0.05) is 38.8 Å². The lowest BCUT2D eigenvalue weighted by Crippen LogP contribution is -3.15. The lowest BCUT2D eigenvalue weighted by Gasteiger charge is -2.37. The standard InChI is InChI=1S/C21H31FN6/c1-16(2)15-20(21-23-24-25-28(21)17-7-3-4-8-17)27-13-11-26(12-14-27)19-10-6-5-9-18(19)22/h5-6,9-10,16-17,20H,3-4,7-8,11-15H2,1-2H3/p+1/t20-/m1/s1. The molecule has 1 aromatic carbocycles. The third kappa shape index (κ3) is 4.04. The van der Waals surface area contributed by atoms with Crippen LogP contribution in [0.1, 0.15) is 63.9 Å². The third-order valence-corrected chi connectivity index (χ3v) is 6.30. The molecule has 2 fully saturated rings. The zero-order chi connectivity index (χ0) is 19.5. The Hall–Kier alpha value is -2.02. The molecule has 0 spiro atoms. The van der Waals surface area contributed by atoms with Crippen molar-refractivity contribution in [2.45, 2.75) is 58.0 Å². The summed E-state index contributed by atoms with van der Waals surface area (Å²) in [4.78, 5) is 3.70. The summed E-state index contributed by atoms with van der Waals surface area (Å²) in [6.45, 7) is 8.20. The van der Waals surface area contributed by atoms with Crippen molar-refractivity contribution >= 4 is 5.69 Å². The number of aromatic nitrogens is 4. The van der Waals surface area contributed by atoms with Crippen molar-refractivity contribution in [2.75, 3.05) is 31.1 Å². The highest BCUT2D eigenvalue weighted by Gasteiger charge is 2.35. The van der Waals surface area contributed by atoms with Crippen LogP contribution in [0.3, 0.4) is 0 Å². The van der Waals surface area contributed by atoms with Gasteiger partial charge in [-0.2, -0.15) is 0 Å². The summed E-state index contributed by atoms with van der Waals surface area (Å²) >= 11 is 0. The van der Waals surface area contributed by atoms with Crippen molar-refractivity contribution in [1.82, 2.24) is 20.2 Å². The van der Waals surface area contributed by atoms with E-state index in [9.17, 15) is 4.39 Å². The molecular formula is C21H32FN6+. The molecule has 1 aliphatic heterocycles. The first kappa shape index (κ1) is 19.3. The van der Waals surface area contributed by atoms with Gasteiger partial charge in [0.2, 0.25) is 5.82 Å². The second kappa shape index (κ2) is 8.55. The predicted octanol–water partition coefficient (Wildman–Crippen LogP) is 2.42. The molecule has 28 heavy (non-hydrogen) atoms. The van der Waals surface area contributed by atoms with Crippen LogP contribution >= 0.6 is 0 Å². The Bertz CT molecular complexity index is 762. The highest BCUT2D eigenvalue weighted by atomic mass is 19.1. The molecule has 0 radical (unpaired) electrons. The Balaban J connectivity index is 1.50. The fourth-order valence-electron chi connectivity index (χ4n) is 4.86. The zero-order valence-corrected chi connectivity index (χ0v) is 17.0. The summed E-state index contributed by atoms with van der Waals surface area (Å²) in [6, 6.07) is 7.85. The first-order valence-electron chi connectivity index (χ1n) is 10.7. The average Bonchev–Trinajstić information content (AvgIpc) is 3.38. The van der Waals surface area contributed by atoms with Gasteiger partial charge < -0.3 is 9.80 Å². The molecule has 6 nitrogen and oxygen atoms in total. The number of para-hydroxylation sites is 1. The quantitative estimate of drug-likeness (QED) is 0.827.